The van der Waals surface area contributed by atoms with Gasteiger partial charge in [-0.15, -0.1) is 0 Å². The molecule has 0 N–H and O–H groups in total. The van der Waals surface area contributed by atoms with Crippen LogP contribution in [-0.4, -0.2) is 12.8 Å². The van der Waals surface area contributed by atoms with Crippen LogP contribution in [0.25, 0.3) is 0 Å². The Balaban J connectivity index is 1.86. The van der Waals surface area contributed by atoms with Crippen molar-refractivity contribution in [3.05, 3.63) is 59.2 Å². The molecule has 1 atom stereocenters. The largest absolute Gasteiger partial charge is 0.454 e. The summed E-state index contributed by atoms with van der Waals surface area (Å²) in [5.74, 6) is 0.949. The Kier molecular flexibility index (Phi) is 2.06. The average Bonchev–Trinajstić information content (AvgIpc) is 3.02. The van der Waals surface area contributed by atoms with Crippen LogP contribution in [0, 0.1) is 0 Å². The van der Waals surface area contributed by atoms with Crippen LogP contribution in [0.2, 0.25) is 0 Å². The van der Waals surface area contributed by atoms with Crippen molar-refractivity contribution in [1.82, 2.24) is 0 Å². The normalized spacial score (nSPS) is 19.2. The van der Waals surface area contributed by atoms with Gasteiger partial charge in [0.1, 0.15) is 0 Å². The van der Waals surface area contributed by atoms with E-state index >= 15 is 0 Å². The van der Waals surface area contributed by atoms with Crippen molar-refractivity contribution < 1.29 is 19.0 Å². The van der Waals surface area contributed by atoms with Crippen molar-refractivity contribution in [2.45, 2.75) is 6.10 Å². The Morgan fingerprint density at radius 3 is 2.53 bits per heavy atom. The second-order valence-electron chi connectivity index (χ2n) is 4.49. The van der Waals surface area contributed by atoms with E-state index in [0.29, 0.717) is 17.1 Å². The summed E-state index contributed by atoms with van der Waals surface area (Å²) in [5.41, 5.74) is 2.34. The SMILES string of the molecule is O=C1OC(c2ccccc2)c2cc3c(cc21)OCO3. The third kappa shape index (κ3) is 1.50. The zero-order valence-corrected chi connectivity index (χ0v) is 9.96. The molecular weight excluding hydrogens is 244 g/mol. The fraction of sp³-hybridized carbons (Fsp3) is 0.133. The van der Waals surface area contributed by atoms with Crippen molar-refractivity contribution >= 4 is 5.97 Å². The first-order valence-corrected chi connectivity index (χ1v) is 6.02. The Morgan fingerprint density at radius 2 is 1.74 bits per heavy atom. The first-order valence-electron chi connectivity index (χ1n) is 6.02. The van der Waals surface area contributed by atoms with Gasteiger partial charge in [0.2, 0.25) is 6.79 Å². The van der Waals surface area contributed by atoms with Crippen molar-refractivity contribution in [3.8, 4) is 11.5 Å². The number of fused-ring (bicyclic) bond motifs is 2. The molecule has 0 spiro atoms. The summed E-state index contributed by atoms with van der Waals surface area (Å²) in [6.45, 7) is 0.198. The fourth-order valence-corrected chi connectivity index (χ4v) is 2.46. The molecular formula is C15H10O4. The molecule has 0 aromatic heterocycles. The van der Waals surface area contributed by atoms with E-state index in [4.69, 9.17) is 14.2 Å². The monoisotopic (exact) mass is 254 g/mol. The van der Waals surface area contributed by atoms with E-state index in [1.54, 1.807) is 6.07 Å². The summed E-state index contributed by atoms with van der Waals surface area (Å²) in [7, 11) is 0. The molecule has 1 unspecified atom stereocenters. The zero-order valence-electron chi connectivity index (χ0n) is 9.96. The summed E-state index contributed by atoms with van der Waals surface area (Å²) >= 11 is 0. The molecule has 2 aliphatic rings. The second-order valence-corrected chi connectivity index (χ2v) is 4.49. The topological polar surface area (TPSA) is 44.8 Å². The molecule has 2 heterocycles. The van der Waals surface area contributed by atoms with Gasteiger partial charge in [-0.3, -0.25) is 0 Å². The molecule has 2 aliphatic heterocycles. The van der Waals surface area contributed by atoms with Crippen LogP contribution >= 0.6 is 0 Å². The lowest BCUT2D eigenvalue weighted by atomic mass is 9.99. The van der Waals surface area contributed by atoms with Gasteiger partial charge < -0.3 is 14.2 Å². The molecule has 94 valence electrons. The van der Waals surface area contributed by atoms with E-state index in [0.717, 1.165) is 11.1 Å². The Bertz CT molecular complexity index is 663. The fourth-order valence-electron chi connectivity index (χ4n) is 2.46. The lowest BCUT2D eigenvalue weighted by Crippen LogP contribution is -2.00. The van der Waals surface area contributed by atoms with Crippen LogP contribution in [0.4, 0.5) is 0 Å². The van der Waals surface area contributed by atoms with E-state index in [2.05, 4.69) is 0 Å². The number of hydrogen-bond acceptors (Lipinski definition) is 4. The van der Waals surface area contributed by atoms with E-state index in [-0.39, 0.29) is 18.9 Å². The molecule has 2 aromatic rings. The third-order valence-electron chi connectivity index (χ3n) is 3.37. The van der Waals surface area contributed by atoms with Crippen molar-refractivity contribution in [3.63, 3.8) is 0 Å². The summed E-state index contributed by atoms with van der Waals surface area (Å²) in [6.07, 6.45) is -0.363. The first kappa shape index (κ1) is 10.4. The van der Waals surface area contributed by atoms with Crippen LogP contribution in [-0.2, 0) is 4.74 Å². The second kappa shape index (κ2) is 3.75. The minimum Gasteiger partial charge on any atom is -0.454 e. The highest BCUT2D eigenvalue weighted by molar-refractivity contribution is 5.95. The number of rotatable bonds is 1. The number of ether oxygens (including phenoxy) is 3. The van der Waals surface area contributed by atoms with Gasteiger partial charge in [0.25, 0.3) is 0 Å². The molecule has 4 nitrogen and oxygen atoms in total. The first-order chi connectivity index (χ1) is 9.33. The molecule has 0 amide bonds. The minimum atomic E-state index is -0.363. The quantitative estimate of drug-likeness (QED) is 0.734. The molecule has 0 fully saturated rings. The van der Waals surface area contributed by atoms with Gasteiger partial charge in [0, 0.05) is 5.56 Å². The summed E-state index contributed by atoms with van der Waals surface area (Å²) < 4.78 is 16.1. The van der Waals surface area contributed by atoms with Crippen molar-refractivity contribution in [2.75, 3.05) is 6.79 Å². The van der Waals surface area contributed by atoms with Gasteiger partial charge >= 0.3 is 5.97 Å². The van der Waals surface area contributed by atoms with E-state index in [1.165, 1.54) is 0 Å². The maximum absolute atomic E-state index is 11.9. The van der Waals surface area contributed by atoms with Gasteiger partial charge in [0.15, 0.2) is 17.6 Å². The summed E-state index contributed by atoms with van der Waals surface area (Å²) in [4.78, 5) is 11.9. The van der Waals surface area contributed by atoms with Crippen LogP contribution in [0.15, 0.2) is 42.5 Å². The molecule has 4 heteroatoms. The van der Waals surface area contributed by atoms with Gasteiger partial charge in [-0.25, -0.2) is 4.79 Å². The van der Waals surface area contributed by atoms with Crippen LogP contribution < -0.4 is 9.47 Å². The highest BCUT2D eigenvalue weighted by Crippen LogP contribution is 2.43. The third-order valence-corrected chi connectivity index (χ3v) is 3.37. The van der Waals surface area contributed by atoms with E-state index < -0.39 is 0 Å². The lowest BCUT2D eigenvalue weighted by Gasteiger charge is -2.10. The standard InChI is InChI=1S/C15H10O4/c16-15-11-7-13-12(17-8-18-13)6-10(11)14(19-15)9-4-2-1-3-5-9/h1-7,14H,8H2. The van der Waals surface area contributed by atoms with Crippen molar-refractivity contribution in [1.29, 1.82) is 0 Å². The number of esters is 1. The lowest BCUT2D eigenvalue weighted by molar-refractivity contribution is 0.0455. The molecule has 19 heavy (non-hydrogen) atoms. The predicted octanol–water partition coefficient (Wildman–Crippen LogP) is 2.68. The van der Waals surface area contributed by atoms with Crippen LogP contribution in [0.1, 0.15) is 27.6 Å². The number of hydrogen-bond donors (Lipinski definition) is 0. The van der Waals surface area contributed by atoms with E-state index in [9.17, 15) is 4.79 Å². The number of carbonyl (C=O) groups excluding carboxylic acids is 1. The summed E-state index contributed by atoms with van der Waals surface area (Å²) in [6, 6.07) is 13.2. The highest BCUT2D eigenvalue weighted by Gasteiger charge is 2.34. The Labute approximate surface area is 109 Å². The van der Waals surface area contributed by atoms with Crippen LogP contribution in [0.5, 0.6) is 11.5 Å². The van der Waals surface area contributed by atoms with Gasteiger partial charge in [-0.2, -0.15) is 0 Å². The molecule has 4 rings (SSSR count). The van der Waals surface area contributed by atoms with Crippen molar-refractivity contribution in [2.24, 2.45) is 0 Å². The highest BCUT2D eigenvalue weighted by atomic mass is 16.7. The molecule has 0 saturated heterocycles. The molecule has 0 saturated carbocycles. The number of benzene rings is 2. The zero-order chi connectivity index (χ0) is 12.8. The Hall–Kier alpha value is -2.49. The van der Waals surface area contributed by atoms with Gasteiger partial charge in [-0.1, -0.05) is 30.3 Å². The maximum Gasteiger partial charge on any atom is 0.339 e. The smallest absolute Gasteiger partial charge is 0.339 e. The predicted molar refractivity (Wildman–Crippen MR) is 66.3 cm³/mol. The molecule has 0 bridgehead atoms. The number of carbonyl (C=O) groups is 1. The average molecular weight is 254 g/mol. The Morgan fingerprint density at radius 1 is 1.00 bits per heavy atom. The summed E-state index contributed by atoms with van der Waals surface area (Å²) in [5, 5.41) is 0. The van der Waals surface area contributed by atoms with Gasteiger partial charge in [-0.05, 0) is 17.7 Å². The maximum atomic E-state index is 11.9. The number of cyclic esters (lactones) is 1. The van der Waals surface area contributed by atoms with E-state index in [1.807, 2.05) is 36.4 Å². The van der Waals surface area contributed by atoms with Gasteiger partial charge in [0.05, 0.1) is 5.56 Å². The minimum absolute atomic E-state index is 0.198. The molecule has 2 aromatic carbocycles. The molecule has 0 aliphatic carbocycles. The molecule has 0 radical (unpaired) electrons. The van der Waals surface area contributed by atoms with Crippen LogP contribution in [0.3, 0.4) is 0 Å².